The number of aryl methyl sites for hydroxylation is 2. The number of benzene rings is 1. The summed E-state index contributed by atoms with van der Waals surface area (Å²) >= 11 is 1.72. The number of oxime groups is 1. The second-order valence-corrected chi connectivity index (χ2v) is 15.4. The molecule has 3 aliphatic rings. The number of pyridine rings is 1. The fraction of sp³-hybridized carbons (Fsp3) is 0.486. The van der Waals surface area contributed by atoms with Crippen LogP contribution in [0.25, 0.3) is 21.5 Å². The molecule has 6 heterocycles. The van der Waals surface area contributed by atoms with Gasteiger partial charge in [0, 0.05) is 66.2 Å². The number of aromatic amines is 1. The SMILES string of the molecule is Cc1cc(C)cc(-c2[nH]c3sc(C(C)(C)C(=O)N4C5CCC4CC5)cc3c2[C@H](C)CN/C(=N/O)N2CCC(c3ccncc3)C2)c1. The van der Waals surface area contributed by atoms with Crippen molar-refractivity contribution in [1.29, 1.82) is 0 Å². The van der Waals surface area contributed by atoms with Gasteiger partial charge in [0.15, 0.2) is 0 Å². The summed E-state index contributed by atoms with van der Waals surface area (Å²) in [6.07, 6.45) is 9.26. The average Bonchev–Trinajstić information content (AvgIpc) is 3.87. The third-order valence-corrected chi connectivity index (χ3v) is 12.1. The molecule has 9 heteroatoms. The van der Waals surface area contributed by atoms with Gasteiger partial charge in [-0.25, -0.2) is 0 Å². The first-order valence-electron chi connectivity index (χ1n) is 16.8. The van der Waals surface area contributed by atoms with Crippen molar-refractivity contribution >= 4 is 33.4 Å². The molecule has 0 saturated carbocycles. The zero-order valence-corrected chi connectivity index (χ0v) is 28.5. The molecule has 1 unspecified atom stereocenters. The van der Waals surface area contributed by atoms with Gasteiger partial charge in [0.2, 0.25) is 11.9 Å². The van der Waals surface area contributed by atoms with Crippen LogP contribution >= 0.6 is 11.3 Å². The van der Waals surface area contributed by atoms with Crippen molar-refractivity contribution < 1.29 is 10.0 Å². The zero-order chi connectivity index (χ0) is 32.2. The highest BCUT2D eigenvalue weighted by atomic mass is 32.1. The van der Waals surface area contributed by atoms with E-state index in [4.69, 9.17) is 0 Å². The quantitative estimate of drug-likeness (QED) is 0.0857. The van der Waals surface area contributed by atoms with Gasteiger partial charge in [-0.1, -0.05) is 29.3 Å². The number of guanidine groups is 1. The van der Waals surface area contributed by atoms with E-state index in [1.165, 1.54) is 33.2 Å². The summed E-state index contributed by atoms with van der Waals surface area (Å²) in [5.74, 6) is 1.26. The Morgan fingerprint density at radius 3 is 2.41 bits per heavy atom. The first-order valence-corrected chi connectivity index (χ1v) is 17.6. The number of hydrogen-bond donors (Lipinski definition) is 3. The highest BCUT2D eigenvalue weighted by molar-refractivity contribution is 7.19. The van der Waals surface area contributed by atoms with E-state index in [2.05, 4.69) is 101 Å². The molecule has 3 aromatic heterocycles. The molecule has 8 nitrogen and oxygen atoms in total. The van der Waals surface area contributed by atoms with Gasteiger partial charge < -0.3 is 25.3 Å². The third-order valence-electron chi connectivity index (χ3n) is 10.7. The molecule has 2 atom stereocenters. The number of thiophene rings is 1. The van der Waals surface area contributed by atoms with E-state index in [1.807, 2.05) is 12.4 Å². The van der Waals surface area contributed by atoms with E-state index in [0.717, 1.165) is 60.6 Å². The normalized spacial score (nSPS) is 22.3. The van der Waals surface area contributed by atoms with Crippen LogP contribution in [0.1, 0.15) is 91.8 Å². The van der Waals surface area contributed by atoms with E-state index in [1.54, 1.807) is 11.3 Å². The fourth-order valence-corrected chi connectivity index (χ4v) is 9.43. The van der Waals surface area contributed by atoms with Crippen LogP contribution in [0.5, 0.6) is 0 Å². The van der Waals surface area contributed by atoms with E-state index < -0.39 is 5.41 Å². The highest BCUT2D eigenvalue weighted by Gasteiger charge is 2.47. The van der Waals surface area contributed by atoms with E-state index in [0.29, 0.717) is 30.5 Å². The summed E-state index contributed by atoms with van der Waals surface area (Å²) in [7, 11) is 0. The van der Waals surface area contributed by atoms with Gasteiger partial charge in [-0.3, -0.25) is 9.78 Å². The summed E-state index contributed by atoms with van der Waals surface area (Å²) < 4.78 is 0. The van der Waals surface area contributed by atoms with E-state index in [9.17, 15) is 10.0 Å². The molecule has 1 aromatic carbocycles. The molecule has 3 aliphatic heterocycles. The van der Waals surface area contributed by atoms with Crippen molar-refractivity contribution in [1.82, 2.24) is 25.1 Å². The molecule has 7 rings (SSSR count). The van der Waals surface area contributed by atoms with Crippen LogP contribution in [0.4, 0.5) is 0 Å². The lowest BCUT2D eigenvalue weighted by molar-refractivity contribution is -0.137. The van der Waals surface area contributed by atoms with Crippen LogP contribution in [0.2, 0.25) is 0 Å². The summed E-state index contributed by atoms with van der Waals surface area (Å²) in [5, 5.41) is 18.4. The topological polar surface area (TPSA) is 96.8 Å². The van der Waals surface area contributed by atoms with Gasteiger partial charge in [-0.15, -0.1) is 11.3 Å². The molecule has 0 spiro atoms. The summed E-state index contributed by atoms with van der Waals surface area (Å²) in [4.78, 5) is 28.6. The standard InChI is InChI=1S/C37H46N6O2S/c1-22-16-23(2)18-27(17-22)33-32(24(3)20-39-36(41-45)42-15-12-26(21-42)25-10-13-38-14-11-25)30-19-31(46-34(30)40-33)37(4,5)35(44)43-28-6-7-29(43)9-8-28/h10-11,13-14,16-19,24,26,28-29,40,45H,6-9,12,15,20-21H2,1-5H3,(H,39,41)/t24-,26?,28?,29?/m1/s1. The Bertz CT molecular complexity index is 1730. The van der Waals surface area contributed by atoms with Gasteiger partial charge in [-0.2, -0.15) is 0 Å². The lowest BCUT2D eigenvalue weighted by Crippen LogP contribution is -2.45. The second kappa shape index (κ2) is 12.1. The molecule has 3 saturated heterocycles. The molecule has 3 fully saturated rings. The molecule has 3 N–H and O–H groups in total. The maximum atomic E-state index is 14.0. The van der Waals surface area contributed by atoms with Crippen LogP contribution in [-0.2, 0) is 10.2 Å². The molecule has 1 amide bonds. The molecule has 2 bridgehead atoms. The van der Waals surface area contributed by atoms with Crippen molar-refractivity contribution in [2.24, 2.45) is 5.16 Å². The predicted octanol–water partition coefficient (Wildman–Crippen LogP) is 7.27. The van der Waals surface area contributed by atoms with Gasteiger partial charge in [0.1, 0.15) is 4.83 Å². The van der Waals surface area contributed by atoms with Gasteiger partial charge >= 0.3 is 0 Å². The Hall–Kier alpha value is -3.85. The minimum absolute atomic E-state index is 0.0932. The number of rotatable bonds is 7. The molecule has 0 radical (unpaired) electrons. The number of likely N-dealkylation sites (tertiary alicyclic amines) is 1. The number of carbonyl (C=O) groups excluding carboxylic acids is 1. The van der Waals surface area contributed by atoms with Crippen LogP contribution in [0.3, 0.4) is 0 Å². The number of fused-ring (bicyclic) bond motifs is 3. The monoisotopic (exact) mass is 638 g/mol. The molecule has 0 aliphatic carbocycles. The highest BCUT2D eigenvalue weighted by Crippen LogP contribution is 2.46. The number of aromatic nitrogens is 2. The number of carbonyl (C=O) groups is 1. The van der Waals surface area contributed by atoms with Crippen molar-refractivity contribution in [3.8, 4) is 11.3 Å². The first kappa shape index (κ1) is 30.8. The van der Waals surface area contributed by atoms with Gasteiger partial charge in [-0.05, 0) is 107 Å². The number of H-pyrrole nitrogens is 1. The van der Waals surface area contributed by atoms with E-state index >= 15 is 0 Å². The van der Waals surface area contributed by atoms with Gasteiger partial charge in [0.05, 0.1) is 11.1 Å². The Kier molecular flexibility index (Phi) is 8.07. The van der Waals surface area contributed by atoms with E-state index in [-0.39, 0.29) is 11.8 Å². The van der Waals surface area contributed by atoms with Crippen LogP contribution in [0.15, 0.2) is 53.9 Å². The smallest absolute Gasteiger partial charge is 0.235 e. The van der Waals surface area contributed by atoms with Crippen LogP contribution in [0, 0.1) is 13.8 Å². The largest absolute Gasteiger partial charge is 0.408 e. The Balaban J connectivity index is 1.17. The molecular weight excluding hydrogens is 593 g/mol. The third kappa shape index (κ3) is 5.46. The minimum atomic E-state index is -0.591. The fourth-order valence-electron chi connectivity index (χ4n) is 8.26. The molecule has 46 heavy (non-hydrogen) atoms. The predicted molar refractivity (Wildman–Crippen MR) is 186 cm³/mol. The minimum Gasteiger partial charge on any atom is -0.408 e. The molecular formula is C37H46N6O2S. The van der Waals surface area contributed by atoms with Crippen LogP contribution in [-0.4, -0.2) is 68.6 Å². The summed E-state index contributed by atoms with van der Waals surface area (Å²) in [5.41, 5.74) is 6.65. The zero-order valence-electron chi connectivity index (χ0n) is 27.6. The van der Waals surface area contributed by atoms with Crippen LogP contribution < -0.4 is 5.32 Å². The maximum absolute atomic E-state index is 14.0. The number of nitrogens with zero attached hydrogens (tertiary/aromatic N) is 4. The van der Waals surface area contributed by atoms with Crippen molar-refractivity contribution in [2.45, 2.75) is 96.1 Å². The lowest BCUT2D eigenvalue weighted by atomic mass is 9.88. The lowest BCUT2D eigenvalue weighted by Gasteiger charge is -2.31. The molecule has 4 aromatic rings. The number of amides is 1. The number of hydrogen-bond acceptors (Lipinski definition) is 5. The Labute approximate surface area is 275 Å². The van der Waals surface area contributed by atoms with Gasteiger partial charge in [0.25, 0.3) is 0 Å². The Morgan fingerprint density at radius 1 is 1.09 bits per heavy atom. The second-order valence-electron chi connectivity index (χ2n) is 14.4. The first-order chi connectivity index (χ1) is 22.1. The average molecular weight is 639 g/mol. The summed E-state index contributed by atoms with van der Waals surface area (Å²) in [6.45, 7) is 12.9. The summed E-state index contributed by atoms with van der Waals surface area (Å²) in [6, 6.07) is 13.9. The Morgan fingerprint density at radius 2 is 1.76 bits per heavy atom. The number of nitrogens with one attached hydrogen (secondary N) is 2. The van der Waals surface area contributed by atoms with Crippen molar-refractivity contribution in [2.75, 3.05) is 19.6 Å². The van der Waals surface area contributed by atoms with Crippen molar-refractivity contribution in [3.63, 3.8) is 0 Å². The molecule has 242 valence electrons. The maximum Gasteiger partial charge on any atom is 0.235 e. The van der Waals surface area contributed by atoms with Crippen molar-refractivity contribution in [3.05, 3.63) is 75.9 Å².